The fourth-order valence-electron chi connectivity index (χ4n) is 9.11. The van der Waals surface area contributed by atoms with Crippen LogP contribution in [0.15, 0.2) is 0 Å². The van der Waals surface area contributed by atoms with Crippen LogP contribution >= 0.6 is 0 Å². The second kappa shape index (κ2) is 51.3. The maximum absolute atomic E-state index is 12.9. The Labute approximate surface area is 412 Å². The highest BCUT2D eigenvalue weighted by Crippen LogP contribution is 2.19. The molecule has 0 aliphatic rings. The summed E-state index contributed by atoms with van der Waals surface area (Å²) in [5.41, 5.74) is 0. The first-order valence-corrected chi connectivity index (χ1v) is 29.7. The summed E-state index contributed by atoms with van der Waals surface area (Å²) in [6, 6.07) is 0. The summed E-state index contributed by atoms with van der Waals surface area (Å²) in [5.74, 6) is 1.72. The van der Waals surface area contributed by atoms with Crippen LogP contribution < -0.4 is 0 Å². The molecule has 3 atom stereocenters. The van der Waals surface area contributed by atoms with Crippen molar-refractivity contribution in [1.29, 1.82) is 0 Å². The number of hydrogen-bond acceptors (Lipinski definition) is 6. The zero-order valence-electron chi connectivity index (χ0n) is 45.5. The average Bonchev–Trinajstić information content (AvgIpc) is 3.30. The second-order valence-corrected chi connectivity index (χ2v) is 21.6. The van der Waals surface area contributed by atoms with Crippen LogP contribution in [0.1, 0.15) is 330 Å². The molecule has 0 heterocycles. The van der Waals surface area contributed by atoms with E-state index in [-0.39, 0.29) is 31.1 Å². The van der Waals surface area contributed by atoms with Gasteiger partial charge in [-0.3, -0.25) is 14.4 Å². The molecule has 0 N–H and O–H groups in total. The van der Waals surface area contributed by atoms with Crippen LogP contribution in [0.25, 0.3) is 0 Å². The van der Waals surface area contributed by atoms with Crippen molar-refractivity contribution in [3.05, 3.63) is 0 Å². The van der Waals surface area contributed by atoms with E-state index < -0.39 is 6.10 Å². The standard InChI is InChI=1S/C60H116O6/c1-7-55(5)47-41-35-29-25-21-17-13-11-9-10-12-14-18-23-27-31-39-45-51-60(63)66-57(53-65-59(62)50-44-38-33-32-36-42-48-56(6)8-2)52-64-58(61)49-43-37-30-26-22-19-15-16-20-24-28-34-40-46-54(3)4/h54-57H,7-53H2,1-6H3/t55?,56?,57-/m0/s1. The molecule has 0 rings (SSSR count). The second-order valence-electron chi connectivity index (χ2n) is 21.6. The molecule has 0 saturated carbocycles. The fraction of sp³-hybridized carbons (Fsp3) is 0.950. The third-order valence-corrected chi connectivity index (χ3v) is 14.4. The molecule has 6 heteroatoms. The van der Waals surface area contributed by atoms with Gasteiger partial charge in [-0.1, -0.05) is 292 Å². The molecule has 0 aliphatic heterocycles. The molecule has 0 aromatic rings. The van der Waals surface area contributed by atoms with E-state index in [0.717, 1.165) is 75.5 Å². The van der Waals surface area contributed by atoms with Crippen molar-refractivity contribution >= 4 is 17.9 Å². The summed E-state index contributed by atoms with van der Waals surface area (Å²) in [4.78, 5) is 38.1. The van der Waals surface area contributed by atoms with E-state index in [4.69, 9.17) is 14.2 Å². The lowest BCUT2D eigenvalue weighted by molar-refractivity contribution is -0.167. The molecule has 0 spiro atoms. The number of rotatable bonds is 53. The van der Waals surface area contributed by atoms with E-state index in [1.165, 1.54) is 212 Å². The Hall–Kier alpha value is -1.59. The molecule has 0 aliphatic carbocycles. The third-order valence-electron chi connectivity index (χ3n) is 14.4. The van der Waals surface area contributed by atoms with E-state index in [2.05, 4.69) is 41.5 Å². The van der Waals surface area contributed by atoms with Gasteiger partial charge in [0.1, 0.15) is 13.2 Å². The van der Waals surface area contributed by atoms with Crippen molar-refractivity contribution in [3.8, 4) is 0 Å². The molecule has 0 amide bonds. The molecule has 0 bridgehead atoms. The van der Waals surface area contributed by atoms with E-state index in [9.17, 15) is 14.4 Å². The summed E-state index contributed by atoms with van der Waals surface area (Å²) in [6.07, 6.45) is 53.8. The summed E-state index contributed by atoms with van der Waals surface area (Å²) in [6.45, 7) is 13.8. The minimum Gasteiger partial charge on any atom is -0.462 e. The highest BCUT2D eigenvalue weighted by molar-refractivity contribution is 5.71. The lowest BCUT2D eigenvalue weighted by Gasteiger charge is -2.18. The Morgan fingerprint density at radius 2 is 0.530 bits per heavy atom. The Morgan fingerprint density at radius 3 is 0.788 bits per heavy atom. The average molecular weight is 934 g/mol. The van der Waals surface area contributed by atoms with Crippen molar-refractivity contribution in [1.82, 2.24) is 0 Å². The SMILES string of the molecule is CCC(C)CCCCCCCCCCCCCCCCCCCCC(=O)O[C@@H](COC(=O)CCCCCCCCCCCCCCCC(C)C)COC(=O)CCCCCCCCC(C)CC. The number of ether oxygens (including phenoxy) is 3. The van der Waals surface area contributed by atoms with E-state index in [1.807, 2.05) is 0 Å². The van der Waals surface area contributed by atoms with Gasteiger partial charge in [-0.15, -0.1) is 0 Å². The maximum atomic E-state index is 12.9. The third kappa shape index (κ3) is 50.3. The molecule has 0 fully saturated rings. The minimum atomic E-state index is -0.764. The highest BCUT2D eigenvalue weighted by atomic mass is 16.6. The molecule has 2 unspecified atom stereocenters. The number of carbonyl (C=O) groups is 3. The molecule has 0 saturated heterocycles. The smallest absolute Gasteiger partial charge is 0.306 e. The first-order valence-electron chi connectivity index (χ1n) is 29.7. The zero-order valence-corrected chi connectivity index (χ0v) is 45.5. The number of carbonyl (C=O) groups excluding carboxylic acids is 3. The van der Waals surface area contributed by atoms with Gasteiger partial charge in [0, 0.05) is 19.3 Å². The van der Waals surface area contributed by atoms with Crippen molar-refractivity contribution in [2.24, 2.45) is 17.8 Å². The number of unbranched alkanes of at least 4 members (excludes halogenated alkanes) is 34. The van der Waals surface area contributed by atoms with Crippen molar-refractivity contribution in [2.75, 3.05) is 13.2 Å². The van der Waals surface area contributed by atoms with Crippen LogP contribution in [0.4, 0.5) is 0 Å². The van der Waals surface area contributed by atoms with Crippen molar-refractivity contribution < 1.29 is 28.6 Å². The molecule has 0 aromatic carbocycles. The first kappa shape index (κ1) is 64.4. The van der Waals surface area contributed by atoms with E-state index in [1.54, 1.807) is 0 Å². The van der Waals surface area contributed by atoms with Crippen LogP contribution in [0.5, 0.6) is 0 Å². The molecule has 0 radical (unpaired) electrons. The molecule has 6 nitrogen and oxygen atoms in total. The monoisotopic (exact) mass is 933 g/mol. The molecule has 392 valence electrons. The number of hydrogen-bond donors (Lipinski definition) is 0. The van der Waals surface area contributed by atoms with Gasteiger partial charge >= 0.3 is 17.9 Å². The predicted octanol–water partition coefficient (Wildman–Crippen LogP) is 19.5. The lowest BCUT2D eigenvalue weighted by atomic mass is 9.99. The summed E-state index contributed by atoms with van der Waals surface area (Å²) in [5, 5.41) is 0. The summed E-state index contributed by atoms with van der Waals surface area (Å²) in [7, 11) is 0. The molecule has 0 aromatic heterocycles. The quantitative estimate of drug-likeness (QED) is 0.0343. The van der Waals surface area contributed by atoms with Crippen molar-refractivity contribution in [3.63, 3.8) is 0 Å². The first-order chi connectivity index (χ1) is 32.2. The number of esters is 3. The van der Waals surface area contributed by atoms with Gasteiger partial charge < -0.3 is 14.2 Å². The van der Waals surface area contributed by atoms with Gasteiger partial charge in [0.15, 0.2) is 6.10 Å². The predicted molar refractivity (Wildman–Crippen MR) is 284 cm³/mol. The van der Waals surface area contributed by atoms with E-state index >= 15 is 0 Å². The maximum Gasteiger partial charge on any atom is 0.306 e. The Balaban J connectivity index is 4.22. The highest BCUT2D eigenvalue weighted by Gasteiger charge is 2.19. The van der Waals surface area contributed by atoms with Gasteiger partial charge in [-0.05, 0) is 37.0 Å². The van der Waals surface area contributed by atoms with Gasteiger partial charge in [-0.2, -0.15) is 0 Å². The van der Waals surface area contributed by atoms with Crippen LogP contribution in [0.3, 0.4) is 0 Å². The Kier molecular flexibility index (Phi) is 50.0. The fourth-order valence-corrected chi connectivity index (χ4v) is 9.11. The van der Waals surface area contributed by atoms with Gasteiger partial charge in [-0.25, -0.2) is 0 Å². The molecular weight excluding hydrogens is 817 g/mol. The molecule has 66 heavy (non-hydrogen) atoms. The van der Waals surface area contributed by atoms with Gasteiger partial charge in [0.25, 0.3) is 0 Å². The normalized spacial score (nSPS) is 13.0. The minimum absolute atomic E-state index is 0.0642. The lowest BCUT2D eigenvalue weighted by Crippen LogP contribution is -2.30. The topological polar surface area (TPSA) is 78.9 Å². The summed E-state index contributed by atoms with van der Waals surface area (Å²) < 4.78 is 16.9. The van der Waals surface area contributed by atoms with Crippen LogP contribution in [0.2, 0.25) is 0 Å². The van der Waals surface area contributed by atoms with Crippen LogP contribution in [-0.4, -0.2) is 37.2 Å². The van der Waals surface area contributed by atoms with Crippen LogP contribution in [-0.2, 0) is 28.6 Å². The molecular formula is C60H116O6. The summed E-state index contributed by atoms with van der Waals surface area (Å²) >= 11 is 0. The zero-order chi connectivity index (χ0) is 48.4. The Bertz CT molecular complexity index is 1030. The van der Waals surface area contributed by atoms with Gasteiger partial charge in [0.05, 0.1) is 0 Å². The van der Waals surface area contributed by atoms with Crippen LogP contribution in [0, 0.1) is 17.8 Å². The van der Waals surface area contributed by atoms with Crippen molar-refractivity contribution in [2.45, 2.75) is 337 Å². The van der Waals surface area contributed by atoms with Gasteiger partial charge in [0.2, 0.25) is 0 Å². The van der Waals surface area contributed by atoms with E-state index in [0.29, 0.717) is 19.3 Å². The Morgan fingerprint density at radius 1 is 0.303 bits per heavy atom. The largest absolute Gasteiger partial charge is 0.462 e.